The summed E-state index contributed by atoms with van der Waals surface area (Å²) in [4.78, 5) is 26.6. The van der Waals surface area contributed by atoms with Crippen LogP contribution < -0.4 is 9.64 Å². The molecule has 0 N–H and O–H groups in total. The second kappa shape index (κ2) is 7.94. The van der Waals surface area contributed by atoms with E-state index < -0.39 is 29.5 Å². The summed E-state index contributed by atoms with van der Waals surface area (Å²) in [5.74, 6) is -0.919. The van der Waals surface area contributed by atoms with E-state index in [0.717, 1.165) is 17.0 Å². The molecule has 2 heterocycles. The van der Waals surface area contributed by atoms with E-state index >= 15 is 0 Å². The highest BCUT2D eigenvalue weighted by molar-refractivity contribution is 6.06. The fourth-order valence-corrected chi connectivity index (χ4v) is 3.81. The summed E-state index contributed by atoms with van der Waals surface area (Å²) < 4.78 is 50.1. The number of ether oxygens (including phenoxy) is 2. The van der Waals surface area contributed by atoms with E-state index in [-0.39, 0.29) is 30.0 Å². The number of anilines is 1. The largest absolute Gasteiger partial charge is 0.490 e. The van der Waals surface area contributed by atoms with Crippen molar-refractivity contribution in [2.24, 2.45) is 0 Å². The van der Waals surface area contributed by atoms with E-state index in [4.69, 9.17) is 9.47 Å². The Balaban J connectivity index is 1.72. The summed E-state index contributed by atoms with van der Waals surface area (Å²) >= 11 is 0. The molecule has 0 aliphatic carbocycles. The number of carbonyl (C=O) groups is 2. The van der Waals surface area contributed by atoms with Gasteiger partial charge in [0.2, 0.25) is 5.91 Å². The summed E-state index contributed by atoms with van der Waals surface area (Å²) in [6.45, 7) is 3.75. The number of nitrogens with zero attached hydrogens (tertiary/aromatic N) is 1. The quantitative estimate of drug-likeness (QED) is 0.515. The number of halogens is 3. The molecule has 0 saturated carbocycles. The average molecular weight is 429 g/mol. The standard InChI is InChI=1S/C23H18F3NO4/c1-2-10-30-17-8-6-14(7-9-17)18-12-20(28)27(19-13-31-22(29)21(18)19)16-5-3-4-15(11-16)23(24,25)26/h2-9,11,18H,1,10,12-13H2. The van der Waals surface area contributed by atoms with Gasteiger partial charge in [-0.15, -0.1) is 0 Å². The maximum atomic E-state index is 13.1. The van der Waals surface area contributed by atoms with Crippen molar-refractivity contribution in [3.8, 4) is 5.75 Å². The molecule has 0 bridgehead atoms. The molecule has 1 amide bonds. The number of amides is 1. The van der Waals surface area contributed by atoms with Crippen LogP contribution in [-0.2, 0) is 20.5 Å². The minimum absolute atomic E-state index is 0.0530. The van der Waals surface area contributed by atoms with Crippen LogP contribution in [0.3, 0.4) is 0 Å². The highest BCUT2D eigenvalue weighted by Crippen LogP contribution is 2.43. The molecule has 4 rings (SSSR count). The minimum Gasteiger partial charge on any atom is -0.490 e. The Morgan fingerprint density at radius 1 is 1.16 bits per heavy atom. The molecule has 0 fully saturated rings. The summed E-state index contributed by atoms with van der Waals surface area (Å²) in [5.41, 5.74) is 0.461. The Bertz CT molecular complexity index is 1070. The number of alkyl halides is 3. The SMILES string of the molecule is C=CCOc1ccc(C2CC(=O)N(c3cccc(C(F)(F)F)c3)C3=C2C(=O)OC3)cc1. The number of esters is 1. The smallest absolute Gasteiger partial charge is 0.416 e. The van der Waals surface area contributed by atoms with Gasteiger partial charge in [-0.05, 0) is 35.9 Å². The first-order valence-corrected chi connectivity index (χ1v) is 9.53. The minimum atomic E-state index is -4.55. The van der Waals surface area contributed by atoms with Crippen LogP contribution in [0.2, 0.25) is 0 Å². The molecule has 2 aromatic rings. The van der Waals surface area contributed by atoms with Crippen LogP contribution in [0.15, 0.2) is 72.5 Å². The number of benzene rings is 2. The fraction of sp³-hybridized carbons (Fsp3) is 0.217. The average Bonchev–Trinajstić information content (AvgIpc) is 3.13. The topological polar surface area (TPSA) is 55.8 Å². The van der Waals surface area contributed by atoms with Crippen LogP contribution >= 0.6 is 0 Å². The summed E-state index contributed by atoms with van der Waals surface area (Å²) in [6.07, 6.45) is -3.01. The molecule has 2 aromatic carbocycles. The normalized spacial score (nSPS) is 18.7. The Kier molecular flexibility index (Phi) is 5.31. The molecule has 31 heavy (non-hydrogen) atoms. The fourth-order valence-electron chi connectivity index (χ4n) is 3.81. The van der Waals surface area contributed by atoms with Crippen molar-refractivity contribution < 1.29 is 32.2 Å². The number of hydrogen-bond acceptors (Lipinski definition) is 4. The van der Waals surface area contributed by atoms with Gasteiger partial charge < -0.3 is 9.47 Å². The monoisotopic (exact) mass is 429 g/mol. The van der Waals surface area contributed by atoms with Gasteiger partial charge in [0, 0.05) is 18.0 Å². The van der Waals surface area contributed by atoms with E-state index in [0.29, 0.717) is 17.9 Å². The van der Waals surface area contributed by atoms with Crippen molar-refractivity contribution in [2.75, 3.05) is 18.1 Å². The first-order valence-electron chi connectivity index (χ1n) is 9.53. The lowest BCUT2D eigenvalue weighted by Crippen LogP contribution is -2.37. The number of hydrogen-bond donors (Lipinski definition) is 0. The summed E-state index contributed by atoms with van der Waals surface area (Å²) in [7, 11) is 0. The highest BCUT2D eigenvalue weighted by atomic mass is 19.4. The first kappa shape index (κ1) is 20.7. The van der Waals surface area contributed by atoms with E-state index in [9.17, 15) is 22.8 Å². The second-order valence-corrected chi connectivity index (χ2v) is 7.14. The zero-order valence-electron chi connectivity index (χ0n) is 16.3. The molecule has 1 unspecified atom stereocenters. The molecular formula is C23H18F3NO4. The van der Waals surface area contributed by atoms with Crippen LogP contribution in [-0.4, -0.2) is 25.1 Å². The van der Waals surface area contributed by atoms with E-state index in [1.165, 1.54) is 12.1 Å². The Morgan fingerprint density at radius 3 is 2.58 bits per heavy atom. The third kappa shape index (κ3) is 3.93. The molecule has 1 atom stereocenters. The molecule has 0 spiro atoms. The zero-order valence-corrected chi connectivity index (χ0v) is 16.3. The number of rotatable bonds is 5. The molecule has 0 aromatic heterocycles. The third-order valence-corrected chi connectivity index (χ3v) is 5.20. The van der Waals surface area contributed by atoms with Crippen molar-refractivity contribution in [2.45, 2.75) is 18.5 Å². The Hall–Kier alpha value is -3.55. The number of carbonyl (C=O) groups excluding carboxylic acids is 2. The van der Waals surface area contributed by atoms with Crippen molar-refractivity contribution in [1.82, 2.24) is 0 Å². The van der Waals surface area contributed by atoms with Crippen LogP contribution in [0.25, 0.3) is 0 Å². The van der Waals surface area contributed by atoms with Gasteiger partial charge in [-0.2, -0.15) is 13.2 Å². The predicted octanol–water partition coefficient (Wildman–Crippen LogP) is 4.60. The van der Waals surface area contributed by atoms with Gasteiger partial charge in [0.05, 0.1) is 16.8 Å². The molecule has 160 valence electrons. The lowest BCUT2D eigenvalue weighted by Gasteiger charge is -2.32. The lowest BCUT2D eigenvalue weighted by atomic mass is 9.84. The molecule has 2 aliphatic rings. The Morgan fingerprint density at radius 2 is 1.90 bits per heavy atom. The van der Waals surface area contributed by atoms with Crippen LogP contribution in [0.5, 0.6) is 5.75 Å². The van der Waals surface area contributed by atoms with Gasteiger partial charge in [0.1, 0.15) is 19.0 Å². The van der Waals surface area contributed by atoms with E-state index in [1.807, 2.05) is 0 Å². The molecule has 8 heteroatoms. The second-order valence-electron chi connectivity index (χ2n) is 7.14. The van der Waals surface area contributed by atoms with Gasteiger partial charge in [-0.25, -0.2) is 4.79 Å². The van der Waals surface area contributed by atoms with E-state index in [2.05, 4.69) is 6.58 Å². The number of cyclic esters (lactones) is 1. The van der Waals surface area contributed by atoms with Crippen LogP contribution in [0.1, 0.15) is 23.5 Å². The van der Waals surface area contributed by atoms with Crippen LogP contribution in [0.4, 0.5) is 18.9 Å². The van der Waals surface area contributed by atoms with Gasteiger partial charge >= 0.3 is 12.1 Å². The highest BCUT2D eigenvalue weighted by Gasteiger charge is 2.43. The van der Waals surface area contributed by atoms with Crippen LogP contribution in [0, 0.1) is 0 Å². The summed E-state index contributed by atoms with van der Waals surface area (Å²) in [5, 5.41) is 0. The van der Waals surface area contributed by atoms with Crippen molar-refractivity contribution >= 4 is 17.6 Å². The molecule has 2 aliphatic heterocycles. The first-order chi connectivity index (χ1) is 14.8. The predicted molar refractivity (Wildman–Crippen MR) is 106 cm³/mol. The lowest BCUT2D eigenvalue weighted by molar-refractivity contribution is -0.138. The maximum Gasteiger partial charge on any atom is 0.416 e. The maximum absolute atomic E-state index is 13.1. The van der Waals surface area contributed by atoms with Gasteiger partial charge in [0.15, 0.2) is 0 Å². The van der Waals surface area contributed by atoms with Gasteiger partial charge in [0.25, 0.3) is 0 Å². The van der Waals surface area contributed by atoms with Crippen molar-refractivity contribution in [3.05, 3.63) is 83.6 Å². The van der Waals surface area contributed by atoms with Crippen molar-refractivity contribution in [1.29, 1.82) is 0 Å². The van der Waals surface area contributed by atoms with Gasteiger partial charge in [-0.3, -0.25) is 9.69 Å². The Labute approximate surface area is 176 Å². The molecule has 0 saturated heterocycles. The zero-order chi connectivity index (χ0) is 22.2. The molecule has 5 nitrogen and oxygen atoms in total. The molecule has 0 radical (unpaired) electrons. The van der Waals surface area contributed by atoms with Crippen molar-refractivity contribution in [3.63, 3.8) is 0 Å². The summed E-state index contributed by atoms with van der Waals surface area (Å²) in [6, 6.07) is 11.4. The van der Waals surface area contributed by atoms with Gasteiger partial charge in [-0.1, -0.05) is 30.9 Å². The third-order valence-electron chi connectivity index (χ3n) is 5.20. The van der Waals surface area contributed by atoms with E-state index in [1.54, 1.807) is 30.3 Å². The molecular weight excluding hydrogens is 411 g/mol.